The first kappa shape index (κ1) is 51.5. The van der Waals surface area contributed by atoms with Crippen molar-refractivity contribution < 1.29 is 88.3 Å². The van der Waals surface area contributed by atoms with Crippen molar-refractivity contribution in [1.29, 1.82) is 0 Å². The number of allylic oxidation sites excluding steroid dienone is 2. The van der Waals surface area contributed by atoms with E-state index in [2.05, 4.69) is 54.5 Å². The lowest BCUT2D eigenvalue weighted by Gasteiger charge is -2.71. The van der Waals surface area contributed by atoms with Gasteiger partial charge in [0.1, 0.15) is 61.0 Å². The largest absolute Gasteiger partial charge is 0.469 e. The van der Waals surface area contributed by atoms with Gasteiger partial charge in [0.15, 0.2) is 25.0 Å². The fraction of sp³-hybridized carbons (Fsp3) is 0.918. The molecule has 0 unspecified atom stereocenters. The number of ether oxygens (including phenoxy) is 8. The second kappa shape index (κ2) is 18.3. The van der Waals surface area contributed by atoms with Gasteiger partial charge in [-0.2, -0.15) is 0 Å². The van der Waals surface area contributed by atoms with Gasteiger partial charge in [-0.25, -0.2) is 4.79 Å². The Morgan fingerprint density at radius 3 is 1.85 bits per heavy atom. The molecule has 67 heavy (non-hydrogen) atoms. The van der Waals surface area contributed by atoms with Crippen LogP contribution in [0.1, 0.15) is 113 Å². The Morgan fingerprint density at radius 1 is 0.642 bits per heavy atom. The number of methoxy groups -OCH3 is 2. The summed E-state index contributed by atoms with van der Waals surface area (Å²) in [4.78, 5) is 27.3. The van der Waals surface area contributed by atoms with Gasteiger partial charge < -0.3 is 78.7 Å². The van der Waals surface area contributed by atoms with Gasteiger partial charge in [0, 0.05) is 0 Å². The number of carbonyl (C=O) groups is 2. The zero-order chi connectivity index (χ0) is 49.0. The van der Waals surface area contributed by atoms with Crippen LogP contribution >= 0.6 is 0 Å². The lowest BCUT2D eigenvalue weighted by Crippen LogP contribution is -2.68. The van der Waals surface area contributed by atoms with Crippen LogP contribution in [-0.4, -0.2) is 172 Å². The van der Waals surface area contributed by atoms with Crippen molar-refractivity contribution in [3.63, 3.8) is 0 Å². The predicted molar refractivity (Wildman–Crippen MR) is 234 cm³/mol. The first-order valence-electron chi connectivity index (χ1n) is 24.5. The van der Waals surface area contributed by atoms with Gasteiger partial charge in [0.2, 0.25) is 0 Å². The number of carbonyl (C=O) groups excluding carboxylic acids is 2. The fourth-order valence-electron chi connectivity index (χ4n) is 15.2. The van der Waals surface area contributed by atoms with E-state index in [1.807, 2.05) is 0 Å². The van der Waals surface area contributed by atoms with Crippen LogP contribution in [0.3, 0.4) is 0 Å². The normalized spacial score (nSPS) is 51.3. The average molecular weight is 955 g/mol. The molecule has 3 saturated heterocycles. The van der Waals surface area contributed by atoms with Gasteiger partial charge in [0.05, 0.1) is 39.0 Å². The third-order valence-electron chi connectivity index (χ3n) is 19.3. The van der Waals surface area contributed by atoms with Crippen LogP contribution in [0.4, 0.5) is 0 Å². The van der Waals surface area contributed by atoms with Crippen molar-refractivity contribution in [2.24, 2.45) is 50.2 Å². The summed E-state index contributed by atoms with van der Waals surface area (Å²) in [7, 11) is 2.63. The number of hydrogen-bond donors (Lipinski definition) is 8. The maximum absolute atomic E-state index is 13.8. The third kappa shape index (κ3) is 8.07. The molecule has 18 heteroatoms. The molecule has 0 spiro atoms. The zero-order valence-corrected chi connectivity index (χ0v) is 40.6. The molecular formula is C49H78O18. The predicted octanol–water partition coefficient (Wildman–Crippen LogP) is 1.61. The van der Waals surface area contributed by atoms with E-state index < -0.39 is 122 Å². The second-order valence-corrected chi connectivity index (χ2v) is 23.4. The van der Waals surface area contributed by atoms with Crippen LogP contribution in [0, 0.1) is 50.2 Å². The average Bonchev–Trinajstić information content (AvgIpc) is 3.56. The van der Waals surface area contributed by atoms with E-state index >= 15 is 0 Å². The Balaban J connectivity index is 1.09. The first-order chi connectivity index (χ1) is 31.4. The van der Waals surface area contributed by atoms with Crippen LogP contribution in [0.2, 0.25) is 0 Å². The molecule has 0 aromatic carbocycles. The minimum atomic E-state index is -1.89. The summed E-state index contributed by atoms with van der Waals surface area (Å²) in [5.74, 6) is -0.496. The smallest absolute Gasteiger partial charge is 0.337 e. The highest BCUT2D eigenvalue weighted by molar-refractivity contribution is 5.78. The summed E-state index contributed by atoms with van der Waals surface area (Å²) >= 11 is 0. The molecule has 3 heterocycles. The molecule has 4 saturated carbocycles. The van der Waals surface area contributed by atoms with Gasteiger partial charge in [-0.15, -0.1) is 0 Å². The molecule has 3 aliphatic heterocycles. The maximum Gasteiger partial charge on any atom is 0.337 e. The molecule has 8 aliphatic rings. The Morgan fingerprint density at radius 2 is 1.24 bits per heavy atom. The molecule has 0 aromatic rings. The highest BCUT2D eigenvalue weighted by Gasteiger charge is 2.70. The summed E-state index contributed by atoms with van der Waals surface area (Å²) in [5.41, 5.74) is 0.162. The Bertz CT molecular complexity index is 1860. The van der Waals surface area contributed by atoms with E-state index in [4.69, 9.17) is 37.9 Å². The number of hydrogen-bond acceptors (Lipinski definition) is 18. The van der Waals surface area contributed by atoms with Crippen molar-refractivity contribution in [3.8, 4) is 0 Å². The van der Waals surface area contributed by atoms with E-state index in [-0.39, 0.29) is 39.5 Å². The number of esters is 2. The van der Waals surface area contributed by atoms with E-state index in [1.54, 1.807) is 0 Å². The molecule has 8 rings (SSSR count). The maximum atomic E-state index is 13.8. The van der Waals surface area contributed by atoms with Crippen LogP contribution in [0.15, 0.2) is 11.6 Å². The van der Waals surface area contributed by atoms with Crippen LogP contribution in [0.5, 0.6) is 0 Å². The number of aliphatic hydroxyl groups is 8. The van der Waals surface area contributed by atoms with Crippen LogP contribution < -0.4 is 0 Å². The van der Waals surface area contributed by atoms with Gasteiger partial charge in [0.25, 0.3) is 0 Å². The standard InChI is InChI=1S/C49H78O18/c1-44(2)16-18-49(43(59)61-9)19-17-47(6)23(24(49)20-44)10-11-28-46(5)14-13-29(45(3,4)27(46)12-15-48(28,47)7)64-42-37(66-41-34(56)32(54)30(52)25(21-50)62-41)35(57)36(38(67-42)39(58)60-8)65-40-33(55)31(53)26(22-51)63-40/h10,24-38,40-42,50-57H,11-22H2,1-9H3/t24-,25-,26-,27+,28-,29+,30+,31-,32-,33-,34-,35+,36-,37+,38+,40-,41-,42+,46-,47-,48-,49-/m0/s1. The summed E-state index contributed by atoms with van der Waals surface area (Å²) in [6.07, 6.45) is -12.8. The topological polar surface area (TPSA) is 270 Å². The van der Waals surface area contributed by atoms with Gasteiger partial charge >= 0.3 is 11.9 Å². The zero-order valence-electron chi connectivity index (χ0n) is 40.6. The Kier molecular flexibility index (Phi) is 14.1. The van der Waals surface area contributed by atoms with Crippen LogP contribution in [0.25, 0.3) is 0 Å². The molecule has 5 aliphatic carbocycles. The molecule has 0 aromatic heterocycles. The number of aliphatic hydroxyl groups excluding tert-OH is 8. The number of fused-ring (bicyclic) bond motifs is 7. The van der Waals surface area contributed by atoms with Gasteiger partial charge in [-0.3, -0.25) is 4.79 Å². The number of rotatable bonds is 10. The minimum Gasteiger partial charge on any atom is -0.469 e. The molecule has 0 bridgehead atoms. The van der Waals surface area contributed by atoms with Crippen molar-refractivity contribution in [2.75, 3.05) is 27.4 Å². The molecule has 7 fully saturated rings. The van der Waals surface area contributed by atoms with Gasteiger partial charge in [-0.05, 0) is 109 Å². The van der Waals surface area contributed by atoms with E-state index in [0.29, 0.717) is 12.3 Å². The summed E-state index contributed by atoms with van der Waals surface area (Å²) in [6.45, 7) is 14.9. The first-order valence-corrected chi connectivity index (χ1v) is 24.5. The molecular weight excluding hydrogens is 877 g/mol. The quantitative estimate of drug-likeness (QED) is 0.0878. The molecule has 18 nitrogen and oxygen atoms in total. The molecule has 0 radical (unpaired) electrons. The second-order valence-electron chi connectivity index (χ2n) is 23.4. The van der Waals surface area contributed by atoms with E-state index in [1.165, 1.54) is 12.7 Å². The molecule has 382 valence electrons. The molecule has 0 amide bonds. The summed E-state index contributed by atoms with van der Waals surface area (Å²) in [6, 6.07) is 0. The third-order valence-corrected chi connectivity index (χ3v) is 19.3. The highest BCUT2D eigenvalue weighted by atomic mass is 16.8. The summed E-state index contributed by atoms with van der Waals surface area (Å²) < 4.78 is 47.3. The highest BCUT2D eigenvalue weighted by Crippen LogP contribution is 2.76. The SMILES string of the molecule is COC(=O)[C@@H]1O[C@@H](O[C@@H]2CC[C@@]3(C)[C@H](CC[C@@]4(C)[C@H]3CC=C3[C@@H]5CC(C)(C)CC[C@]5(C(=O)OC)CC[C@@]34C)C2(C)C)[C@H](O[C@@H]2O[C@@H](CO)[C@@H](O)[C@H](O)[C@@H]2O)[C@H](O)[C@@H]1O[C@@H]1O[C@@H](CO)[C@H](O)[C@@H]1O. The van der Waals surface area contributed by atoms with E-state index in [0.717, 1.165) is 64.9 Å². The van der Waals surface area contributed by atoms with Gasteiger partial charge in [-0.1, -0.05) is 60.1 Å². The minimum absolute atomic E-state index is 0.0660. The van der Waals surface area contributed by atoms with Crippen molar-refractivity contribution in [2.45, 2.75) is 205 Å². The Labute approximate surface area is 393 Å². The lowest BCUT2D eigenvalue weighted by atomic mass is 9.33. The monoisotopic (exact) mass is 955 g/mol. The van der Waals surface area contributed by atoms with Crippen molar-refractivity contribution in [3.05, 3.63) is 11.6 Å². The van der Waals surface area contributed by atoms with E-state index in [9.17, 15) is 50.4 Å². The summed E-state index contributed by atoms with van der Waals surface area (Å²) in [5, 5.41) is 85.5. The Hall–Kier alpha value is -1.88. The van der Waals surface area contributed by atoms with Crippen LogP contribution in [-0.2, 0) is 47.5 Å². The van der Waals surface area contributed by atoms with Crippen molar-refractivity contribution >= 4 is 11.9 Å². The lowest BCUT2D eigenvalue weighted by molar-refractivity contribution is -0.383. The molecule has 22 atom stereocenters. The van der Waals surface area contributed by atoms with Crippen molar-refractivity contribution in [1.82, 2.24) is 0 Å². The molecule has 8 N–H and O–H groups in total. The fourth-order valence-corrected chi connectivity index (χ4v) is 15.2.